The van der Waals surface area contributed by atoms with Gasteiger partial charge < -0.3 is 5.11 Å². The van der Waals surface area contributed by atoms with Gasteiger partial charge in [0.15, 0.2) is 0 Å². The van der Waals surface area contributed by atoms with E-state index in [1.165, 1.54) is 6.42 Å². The summed E-state index contributed by atoms with van der Waals surface area (Å²) in [5.41, 5.74) is 1.03. The number of fused-ring (bicyclic) bond motifs is 1. The van der Waals surface area contributed by atoms with Crippen LogP contribution >= 0.6 is 0 Å². The molecule has 27 heavy (non-hydrogen) atoms. The molecular weight excluding hydrogens is 362 g/mol. The quantitative estimate of drug-likeness (QED) is 0.870. The Balaban J connectivity index is 1.80. The Hall–Kier alpha value is -1.70. The molecule has 1 aromatic carbocycles. The summed E-state index contributed by atoms with van der Waals surface area (Å²) in [5.74, 6) is 0.105. The van der Waals surface area contributed by atoms with Crippen molar-refractivity contribution in [3.63, 3.8) is 0 Å². The number of hydrogen-bond acceptors (Lipinski definition) is 5. The van der Waals surface area contributed by atoms with Gasteiger partial charge in [-0.25, -0.2) is 8.42 Å². The SMILES string of the molecule is O=S(=O)(c1cc(CN2CCCCC2)c(O)c2ncccc12)N1CCCCC1. The number of hydrogen-bond donors (Lipinski definition) is 1. The van der Waals surface area contributed by atoms with Crippen LogP contribution < -0.4 is 0 Å². The molecule has 3 heterocycles. The van der Waals surface area contributed by atoms with Crippen molar-refractivity contribution in [1.82, 2.24) is 14.2 Å². The number of rotatable bonds is 4. The van der Waals surface area contributed by atoms with Gasteiger partial charge in [0.1, 0.15) is 11.3 Å². The third kappa shape index (κ3) is 3.68. The normalized spacial score (nSPS) is 20.1. The lowest BCUT2D eigenvalue weighted by Crippen LogP contribution is -2.36. The van der Waals surface area contributed by atoms with Crippen molar-refractivity contribution in [1.29, 1.82) is 0 Å². The van der Waals surface area contributed by atoms with Gasteiger partial charge >= 0.3 is 0 Å². The summed E-state index contributed by atoms with van der Waals surface area (Å²) >= 11 is 0. The van der Waals surface area contributed by atoms with Gasteiger partial charge in [-0.15, -0.1) is 0 Å². The monoisotopic (exact) mass is 389 g/mol. The van der Waals surface area contributed by atoms with Crippen molar-refractivity contribution in [2.45, 2.75) is 50.0 Å². The highest BCUT2D eigenvalue weighted by molar-refractivity contribution is 7.89. The van der Waals surface area contributed by atoms with Crippen LogP contribution in [0.3, 0.4) is 0 Å². The number of aromatic hydroxyl groups is 1. The maximum absolute atomic E-state index is 13.4. The van der Waals surface area contributed by atoms with Crippen LogP contribution in [-0.4, -0.2) is 53.9 Å². The van der Waals surface area contributed by atoms with E-state index in [1.54, 1.807) is 28.7 Å². The van der Waals surface area contributed by atoms with Gasteiger partial charge in [-0.2, -0.15) is 4.31 Å². The molecule has 0 atom stereocenters. The Morgan fingerprint density at radius 2 is 1.67 bits per heavy atom. The summed E-state index contributed by atoms with van der Waals surface area (Å²) in [7, 11) is -3.61. The van der Waals surface area contributed by atoms with Crippen LogP contribution in [0.4, 0.5) is 0 Å². The standard InChI is InChI=1S/C20H27N3O3S/c24-20-16(15-22-10-3-1-4-11-22)14-18(17-8-7-9-21-19(17)20)27(25,26)23-12-5-2-6-13-23/h7-9,14,24H,1-6,10-13,15H2. The first-order valence-electron chi connectivity index (χ1n) is 9.89. The molecule has 0 unspecified atom stereocenters. The van der Waals surface area contributed by atoms with Crippen molar-refractivity contribution in [2.24, 2.45) is 0 Å². The number of pyridine rings is 1. The predicted molar refractivity (Wildman–Crippen MR) is 105 cm³/mol. The highest BCUT2D eigenvalue weighted by Gasteiger charge is 2.29. The van der Waals surface area contributed by atoms with E-state index >= 15 is 0 Å². The molecule has 0 bridgehead atoms. The van der Waals surface area contributed by atoms with Crippen molar-refractivity contribution in [2.75, 3.05) is 26.2 Å². The van der Waals surface area contributed by atoms with E-state index in [-0.39, 0.29) is 10.6 Å². The van der Waals surface area contributed by atoms with Crippen LogP contribution in [0.2, 0.25) is 0 Å². The minimum Gasteiger partial charge on any atom is -0.505 e. The van der Waals surface area contributed by atoms with Crippen LogP contribution in [-0.2, 0) is 16.6 Å². The zero-order valence-electron chi connectivity index (χ0n) is 15.6. The van der Waals surface area contributed by atoms with E-state index in [9.17, 15) is 13.5 Å². The summed E-state index contributed by atoms with van der Waals surface area (Å²) in [5, 5.41) is 11.3. The second kappa shape index (κ2) is 7.73. The molecule has 4 rings (SSSR count). The number of likely N-dealkylation sites (tertiary alicyclic amines) is 1. The van der Waals surface area contributed by atoms with Crippen LogP contribution in [0.15, 0.2) is 29.3 Å². The third-order valence-corrected chi connectivity index (χ3v) is 7.62. The zero-order valence-corrected chi connectivity index (χ0v) is 16.4. The van der Waals surface area contributed by atoms with Crippen LogP contribution in [0.5, 0.6) is 5.75 Å². The molecule has 2 saturated heterocycles. The number of phenolic OH excluding ortho intramolecular Hbond substituents is 1. The summed E-state index contributed by atoms with van der Waals surface area (Å²) in [4.78, 5) is 6.86. The lowest BCUT2D eigenvalue weighted by Gasteiger charge is -2.28. The molecule has 7 heteroatoms. The number of piperidine rings is 2. The summed E-state index contributed by atoms with van der Waals surface area (Å²) in [6.07, 6.45) is 7.99. The van der Waals surface area contributed by atoms with Gasteiger partial charge in [0.25, 0.3) is 0 Å². The van der Waals surface area contributed by atoms with Crippen LogP contribution in [0.25, 0.3) is 10.9 Å². The molecular formula is C20H27N3O3S. The van der Waals surface area contributed by atoms with E-state index in [0.29, 0.717) is 36.1 Å². The van der Waals surface area contributed by atoms with Crippen molar-refractivity contribution < 1.29 is 13.5 Å². The maximum Gasteiger partial charge on any atom is 0.243 e. The summed E-state index contributed by atoms with van der Waals surface area (Å²) in [6, 6.07) is 5.14. The van der Waals surface area contributed by atoms with E-state index < -0.39 is 10.0 Å². The Bertz CT molecular complexity index is 917. The number of sulfonamides is 1. The average molecular weight is 390 g/mol. The topological polar surface area (TPSA) is 73.7 Å². The molecule has 0 radical (unpaired) electrons. The van der Waals surface area contributed by atoms with Gasteiger partial charge in [0.2, 0.25) is 10.0 Å². The largest absolute Gasteiger partial charge is 0.505 e. The second-order valence-corrected chi connectivity index (χ2v) is 9.49. The van der Waals surface area contributed by atoms with Gasteiger partial charge in [0, 0.05) is 36.8 Å². The zero-order chi connectivity index (χ0) is 18.9. The lowest BCUT2D eigenvalue weighted by molar-refractivity contribution is 0.218. The third-order valence-electron chi connectivity index (χ3n) is 5.68. The molecule has 2 fully saturated rings. The molecule has 2 aliphatic rings. The van der Waals surface area contributed by atoms with Crippen molar-refractivity contribution in [3.8, 4) is 5.75 Å². The van der Waals surface area contributed by atoms with E-state index in [4.69, 9.17) is 0 Å². The molecule has 0 amide bonds. The molecule has 146 valence electrons. The Labute approximate surface area is 160 Å². The highest BCUT2D eigenvalue weighted by Crippen LogP contribution is 2.35. The number of benzene rings is 1. The molecule has 0 spiro atoms. The highest BCUT2D eigenvalue weighted by atomic mass is 32.2. The molecule has 0 saturated carbocycles. The molecule has 6 nitrogen and oxygen atoms in total. The predicted octanol–water partition coefficient (Wildman–Crippen LogP) is 3.10. The molecule has 1 N–H and O–H groups in total. The van der Waals surface area contributed by atoms with Crippen LogP contribution in [0, 0.1) is 0 Å². The number of phenols is 1. The fraction of sp³-hybridized carbons (Fsp3) is 0.550. The van der Waals surface area contributed by atoms with Gasteiger partial charge in [0.05, 0.1) is 4.90 Å². The first-order chi connectivity index (χ1) is 13.1. The lowest BCUT2D eigenvalue weighted by atomic mass is 10.1. The Kier molecular flexibility index (Phi) is 5.34. The van der Waals surface area contributed by atoms with Gasteiger partial charge in [-0.05, 0) is 57.0 Å². The van der Waals surface area contributed by atoms with Crippen LogP contribution in [0.1, 0.15) is 44.1 Å². The Morgan fingerprint density at radius 1 is 1.00 bits per heavy atom. The Morgan fingerprint density at radius 3 is 2.37 bits per heavy atom. The van der Waals surface area contributed by atoms with E-state index in [0.717, 1.165) is 45.2 Å². The molecule has 0 aliphatic carbocycles. The smallest absolute Gasteiger partial charge is 0.243 e. The van der Waals surface area contributed by atoms with Crippen molar-refractivity contribution in [3.05, 3.63) is 30.0 Å². The fourth-order valence-electron chi connectivity index (χ4n) is 4.19. The minimum atomic E-state index is -3.61. The second-order valence-electron chi connectivity index (χ2n) is 7.58. The van der Waals surface area contributed by atoms with Gasteiger partial charge in [-0.1, -0.05) is 12.8 Å². The summed E-state index contributed by atoms with van der Waals surface area (Å²) in [6.45, 7) is 3.64. The average Bonchev–Trinajstić information content (AvgIpc) is 2.71. The molecule has 2 aromatic rings. The first kappa shape index (κ1) is 18.7. The fourth-order valence-corrected chi connectivity index (χ4v) is 5.94. The molecule has 2 aliphatic heterocycles. The van der Waals surface area contributed by atoms with Crippen molar-refractivity contribution >= 4 is 20.9 Å². The summed E-state index contributed by atoms with van der Waals surface area (Å²) < 4.78 is 28.3. The maximum atomic E-state index is 13.4. The number of aromatic nitrogens is 1. The first-order valence-corrected chi connectivity index (χ1v) is 11.3. The van der Waals surface area contributed by atoms with E-state index in [1.807, 2.05) is 0 Å². The van der Waals surface area contributed by atoms with Gasteiger partial charge in [-0.3, -0.25) is 9.88 Å². The van der Waals surface area contributed by atoms with E-state index in [2.05, 4.69) is 9.88 Å². The minimum absolute atomic E-state index is 0.105. The number of nitrogens with zero attached hydrogens (tertiary/aromatic N) is 3. The molecule has 1 aromatic heterocycles.